The fourth-order valence-electron chi connectivity index (χ4n) is 6.30. The van der Waals surface area contributed by atoms with E-state index < -0.39 is 6.10 Å². The van der Waals surface area contributed by atoms with Crippen molar-refractivity contribution in [2.75, 3.05) is 45.2 Å². The largest absolute Gasteiger partial charge is 0.481 e. The van der Waals surface area contributed by atoms with E-state index in [0.29, 0.717) is 24.0 Å². The summed E-state index contributed by atoms with van der Waals surface area (Å²) in [6, 6.07) is 16.0. The molecule has 0 radical (unpaired) electrons. The van der Waals surface area contributed by atoms with Crippen LogP contribution in [0.15, 0.2) is 54.7 Å². The normalized spacial score (nSPS) is 20.2. The summed E-state index contributed by atoms with van der Waals surface area (Å²) in [5.74, 6) is 0.169. The highest BCUT2D eigenvalue weighted by Crippen LogP contribution is 2.42. The van der Waals surface area contributed by atoms with Crippen LogP contribution >= 0.6 is 0 Å². The first kappa shape index (κ1) is 32.1. The summed E-state index contributed by atoms with van der Waals surface area (Å²) < 4.78 is 5.83. The molecule has 3 heterocycles. The second-order valence-corrected chi connectivity index (χ2v) is 11.9. The van der Waals surface area contributed by atoms with Gasteiger partial charge in [-0.3, -0.25) is 19.7 Å². The second-order valence-electron chi connectivity index (χ2n) is 11.9. The number of nitrogens with one attached hydrogen (secondary N) is 1. The van der Waals surface area contributed by atoms with Crippen LogP contribution in [0, 0.1) is 5.41 Å². The molecular weight excluding hydrogens is 540 g/mol. The Morgan fingerprint density at radius 2 is 1.51 bits per heavy atom. The predicted octanol–water partition coefficient (Wildman–Crippen LogP) is 5.73. The molecule has 0 aliphatic carbocycles. The summed E-state index contributed by atoms with van der Waals surface area (Å²) in [4.78, 5) is 43.1. The third-order valence-electron chi connectivity index (χ3n) is 8.90. The van der Waals surface area contributed by atoms with Crippen molar-refractivity contribution in [1.29, 1.82) is 0 Å². The molecule has 3 fully saturated rings. The fraction of sp³-hybridized carbons (Fsp3) is 0.514. The molecule has 3 saturated heterocycles. The average Bonchev–Trinajstić information content (AvgIpc) is 3.03. The predicted molar refractivity (Wildman–Crippen MR) is 172 cm³/mol. The van der Waals surface area contributed by atoms with Gasteiger partial charge in [-0.25, -0.2) is 0 Å². The van der Waals surface area contributed by atoms with Gasteiger partial charge < -0.3 is 19.4 Å². The SMILES string of the molecule is CC.CC/C(=C\N(C)C)c1ccc(C(=O)N2CCC3(CC2)CCN(c2ccc(OC4CCC(=O)NC4=O)cc2)CC3)cc1. The fourth-order valence-corrected chi connectivity index (χ4v) is 6.30. The molecule has 43 heavy (non-hydrogen) atoms. The Morgan fingerprint density at radius 3 is 2.07 bits per heavy atom. The molecule has 3 aliphatic rings. The zero-order chi connectivity index (χ0) is 31.0. The molecular formula is C35H48N4O4. The van der Waals surface area contributed by atoms with Gasteiger partial charge in [-0.15, -0.1) is 0 Å². The number of carbonyl (C=O) groups excluding carboxylic acids is 3. The molecule has 1 atom stereocenters. The number of imide groups is 1. The smallest absolute Gasteiger partial charge is 0.267 e. The Hall–Kier alpha value is -3.81. The third kappa shape index (κ3) is 7.98. The maximum atomic E-state index is 13.3. The lowest BCUT2D eigenvalue weighted by Crippen LogP contribution is -2.48. The first-order valence-electron chi connectivity index (χ1n) is 15.9. The van der Waals surface area contributed by atoms with Gasteiger partial charge in [0.15, 0.2) is 6.10 Å². The van der Waals surface area contributed by atoms with E-state index in [4.69, 9.17) is 4.74 Å². The molecule has 2 aromatic rings. The topological polar surface area (TPSA) is 82.2 Å². The monoisotopic (exact) mass is 588 g/mol. The van der Waals surface area contributed by atoms with Crippen molar-refractivity contribution in [3.63, 3.8) is 0 Å². The van der Waals surface area contributed by atoms with E-state index in [1.165, 1.54) is 11.1 Å². The Bertz CT molecular complexity index is 1270. The van der Waals surface area contributed by atoms with Crippen LogP contribution < -0.4 is 15.0 Å². The molecule has 3 amide bonds. The van der Waals surface area contributed by atoms with Crippen LogP contribution in [0.1, 0.15) is 81.6 Å². The number of carbonyl (C=O) groups is 3. The van der Waals surface area contributed by atoms with Crippen molar-refractivity contribution in [2.45, 2.75) is 71.8 Å². The number of allylic oxidation sites excluding steroid dienone is 1. The van der Waals surface area contributed by atoms with E-state index in [1.807, 2.05) is 69.2 Å². The van der Waals surface area contributed by atoms with Crippen LogP contribution in [0.25, 0.3) is 5.57 Å². The van der Waals surface area contributed by atoms with Gasteiger partial charge in [-0.2, -0.15) is 0 Å². The van der Waals surface area contributed by atoms with Crippen LogP contribution in [-0.4, -0.2) is 73.9 Å². The Morgan fingerprint density at radius 1 is 0.930 bits per heavy atom. The van der Waals surface area contributed by atoms with Crippen LogP contribution in [0.3, 0.4) is 0 Å². The number of benzene rings is 2. The highest BCUT2D eigenvalue weighted by atomic mass is 16.5. The Balaban J connectivity index is 0.00000207. The van der Waals surface area contributed by atoms with Crippen LogP contribution in [0.5, 0.6) is 5.75 Å². The van der Waals surface area contributed by atoms with Gasteiger partial charge in [0.05, 0.1) is 0 Å². The van der Waals surface area contributed by atoms with Crippen LogP contribution in [0.2, 0.25) is 0 Å². The number of likely N-dealkylation sites (tertiary alicyclic amines) is 1. The quantitative estimate of drug-likeness (QED) is 0.416. The van der Waals surface area contributed by atoms with Gasteiger partial charge in [-0.1, -0.05) is 32.9 Å². The van der Waals surface area contributed by atoms with Crippen LogP contribution in [0.4, 0.5) is 5.69 Å². The summed E-state index contributed by atoms with van der Waals surface area (Å²) in [5, 5.41) is 2.33. The molecule has 1 N–H and O–H groups in total. The van der Waals surface area contributed by atoms with Crippen molar-refractivity contribution < 1.29 is 19.1 Å². The first-order valence-corrected chi connectivity index (χ1v) is 15.9. The van der Waals surface area contributed by atoms with Gasteiger partial charge in [0.2, 0.25) is 5.91 Å². The van der Waals surface area contributed by atoms with Gasteiger partial charge in [0.1, 0.15) is 5.75 Å². The lowest BCUT2D eigenvalue weighted by molar-refractivity contribution is -0.138. The summed E-state index contributed by atoms with van der Waals surface area (Å²) >= 11 is 0. The van der Waals surface area contributed by atoms with Crippen molar-refractivity contribution in [1.82, 2.24) is 15.1 Å². The number of piperidine rings is 3. The number of ether oxygens (including phenoxy) is 1. The molecule has 2 aromatic carbocycles. The van der Waals surface area contributed by atoms with Crippen LogP contribution in [-0.2, 0) is 9.59 Å². The maximum absolute atomic E-state index is 13.3. The number of amides is 3. The summed E-state index contributed by atoms with van der Waals surface area (Å²) in [6.07, 6.45) is 7.52. The number of hydrogen-bond acceptors (Lipinski definition) is 6. The molecule has 5 rings (SSSR count). The third-order valence-corrected chi connectivity index (χ3v) is 8.90. The van der Waals surface area contributed by atoms with E-state index in [9.17, 15) is 14.4 Å². The molecule has 0 aromatic heterocycles. The van der Waals surface area contributed by atoms with E-state index in [1.54, 1.807) is 0 Å². The van der Waals surface area contributed by atoms with Gasteiger partial charge >= 0.3 is 0 Å². The Labute approximate surface area is 257 Å². The van der Waals surface area contributed by atoms with E-state index >= 15 is 0 Å². The summed E-state index contributed by atoms with van der Waals surface area (Å²) in [7, 11) is 4.06. The molecule has 232 valence electrons. The van der Waals surface area contributed by atoms with Crippen molar-refractivity contribution in [2.24, 2.45) is 5.41 Å². The van der Waals surface area contributed by atoms with Gasteiger partial charge in [-0.05, 0) is 85.1 Å². The minimum Gasteiger partial charge on any atom is -0.481 e. The summed E-state index contributed by atoms with van der Waals surface area (Å²) in [5.41, 5.74) is 4.65. The van der Waals surface area contributed by atoms with Crippen molar-refractivity contribution in [3.8, 4) is 5.75 Å². The molecule has 8 nitrogen and oxygen atoms in total. The molecule has 8 heteroatoms. The zero-order valence-electron chi connectivity index (χ0n) is 26.5. The lowest BCUT2D eigenvalue weighted by Gasteiger charge is -2.47. The number of anilines is 1. The lowest BCUT2D eigenvalue weighted by atomic mass is 9.71. The first-order chi connectivity index (χ1) is 20.7. The Kier molecular flexibility index (Phi) is 10.9. The molecule has 1 unspecified atom stereocenters. The molecule has 3 aliphatic heterocycles. The standard InChI is InChI=1S/C33H42N4O4.C2H6/c1-4-24(23-35(2)3)25-5-7-26(8-6-25)32(40)37-21-17-33(18-22-37)15-19-36(20-16-33)27-9-11-28(12-10-27)41-29-13-14-30(38)34-31(29)39;1-2/h5-12,23,29H,4,13-22H2,1-3H3,(H,34,38,39);1-2H3/b24-23+;. The van der Waals surface area contributed by atoms with E-state index in [2.05, 4.69) is 40.4 Å². The zero-order valence-corrected chi connectivity index (χ0v) is 26.5. The minimum absolute atomic E-state index is 0.137. The second kappa shape index (κ2) is 14.6. The average molecular weight is 589 g/mol. The molecule has 1 spiro atoms. The van der Waals surface area contributed by atoms with Gasteiger partial charge in [0.25, 0.3) is 11.8 Å². The van der Waals surface area contributed by atoms with E-state index in [0.717, 1.165) is 69.5 Å². The summed E-state index contributed by atoms with van der Waals surface area (Å²) in [6.45, 7) is 9.76. The van der Waals surface area contributed by atoms with Crippen molar-refractivity contribution in [3.05, 3.63) is 65.9 Å². The number of hydrogen-bond donors (Lipinski definition) is 1. The number of nitrogens with zero attached hydrogens (tertiary/aromatic N) is 3. The van der Waals surface area contributed by atoms with E-state index in [-0.39, 0.29) is 17.7 Å². The highest BCUT2D eigenvalue weighted by molar-refractivity contribution is 6.00. The highest BCUT2D eigenvalue weighted by Gasteiger charge is 2.38. The maximum Gasteiger partial charge on any atom is 0.267 e. The van der Waals surface area contributed by atoms with Gasteiger partial charge in [0, 0.05) is 70.6 Å². The number of rotatable bonds is 7. The minimum atomic E-state index is -0.621. The molecule has 0 saturated carbocycles. The van der Waals surface area contributed by atoms with Crippen molar-refractivity contribution >= 4 is 29.0 Å². The molecule has 0 bridgehead atoms.